The van der Waals surface area contributed by atoms with Crippen LogP contribution in [0.4, 0.5) is 5.95 Å². The second-order valence-electron chi connectivity index (χ2n) is 5.94. The molecule has 0 radical (unpaired) electrons. The fourth-order valence-corrected chi connectivity index (χ4v) is 3.23. The first-order valence-electron chi connectivity index (χ1n) is 7.69. The number of aryl methyl sites for hydroxylation is 1. The predicted molar refractivity (Wildman–Crippen MR) is 91.8 cm³/mol. The van der Waals surface area contributed by atoms with Crippen LogP contribution in [0, 0.1) is 6.92 Å². The quantitative estimate of drug-likeness (QED) is 0.760. The molecular formula is C18H17ClN4. The van der Waals surface area contributed by atoms with Crippen molar-refractivity contribution < 1.29 is 0 Å². The Bertz CT molecular complexity index is 808. The topological polar surface area (TPSA) is 42.7 Å². The third-order valence-corrected chi connectivity index (χ3v) is 4.62. The lowest BCUT2D eigenvalue weighted by Crippen LogP contribution is -2.28. The number of anilines is 1. The number of nitrogens with one attached hydrogen (secondary N) is 1. The summed E-state index contributed by atoms with van der Waals surface area (Å²) in [6, 6.07) is 17.0. The van der Waals surface area contributed by atoms with Gasteiger partial charge in [0.05, 0.1) is 12.1 Å². The van der Waals surface area contributed by atoms with Gasteiger partial charge in [-0.05, 0) is 36.6 Å². The fourth-order valence-electron chi connectivity index (χ4n) is 3.10. The van der Waals surface area contributed by atoms with Gasteiger partial charge < -0.3 is 5.32 Å². The third kappa shape index (κ3) is 2.70. The molecule has 0 amide bonds. The van der Waals surface area contributed by atoms with E-state index in [1.807, 2.05) is 16.8 Å². The Hall–Kier alpha value is -2.33. The number of benzene rings is 2. The lowest BCUT2D eigenvalue weighted by atomic mass is 9.93. The molecule has 23 heavy (non-hydrogen) atoms. The zero-order valence-electron chi connectivity index (χ0n) is 12.8. The average Bonchev–Trinajstić information content (AvgIpc) is 3.04. The molecule has 5 heteroatoms. The Balaban J connectivity index is 1.71. The van der Waals surface area contributed by atoms with E-state index >= 15 is 0 Å². The molecule has 0 spiro atoms. The summed E-state index contributed by atoms with van der Waals surface area (Å²) in [6.45, 7) is 2.10. The Morgan fingerprint density at radius 3 is 2.48 bits per heavy atom. The van der Waals surface area contributed by atoms with Gasteiger partial charge in [-0.1, -0.05) is 53.6 Å². The maximum atomic E-state index is 6.01. The SMILES string of the molecule is Cc1ccc([C@H]2C[C@@H](c3ccc(Cl)cc3)Nc3ncnn32)cc1. The van der Waals surface area contributed by atoms with Crippen molar-refractivity contribution in [3.8, 4) is 0 Å². The summed E-state index contributed by atoms with van der Waals surface area (Å²) >= 11 is 6.01. The van der Waals surface area contributed by atoms with Crippen molar-refractivity contribution in [2.45, 2.75) is 25.4 Å². The van der Waals surface area contributed by atoms with Gasteiger partial charge in [0.25, 0.3) is 0 Å². The molecule has 2 heterocycles. The predicted octanol–water partition coefficient (Wildman–Crippen LogP) is 4.39. The molecule has 3 aromatic rings. The summed E-state index contributed by atoms with van der Waals surface area (Å²) in [7, 11) is 0. The van der Waals surface area contributed by atoms with Crippen molar-refractivity contribution in [1.82, 2.24) is 14.8 Å². The van der Waals surface area contributed by atoms with Crippen LogP contribution in [0.2, 0.25) is 5.02 Å². The van der Waals surface area contributed by atoms with Crippen molar-refractivity contribution in [2.24, 2.45) is 0 Å². The van der Waals surface area contributed by atoms with E-state index in [0.717, 1.165) is 17.4 Å². The molecule has 0 saturated carbocycles. The van der Waals surface area contributed by atoms with Crippen LogP contribution in [0.15, 0.2) is 54.9 Å². The number of aromatic nitrogens is 3. The van der Waals surface area contributed by atoms with Crippen molar-refractivity contribution >= 4 is 17.5 Å². The highest BCUT2D eigenvalue weighted by Crippen LogP contribution is 2.37. The van der Waals surface area contributed by atoms with Gasteiger partial charge in [0.15, 0.2) is 0 Å². The largest absolute Gasteiger partial charge is 0.348 e. The Labute approximate surface area is 140 Å². The monoisotopic (exact) mass is 324 g/mol. The lowest BCUT2D eigenvalue weighted by Gasteiger charge is -2.31. The average molecular weight is 325 g/mol. The summed E-state index contributed by atoms with van der Waals surface area (Å²) in [5.74, 6) is 0.807. The van der Waals surface area contributed by atoms with Crippen LogP contribution in [0.3, 0.4) is 0 Å². The molecule has 1 aliphatic heterocycles. The molecule has 0 bridgehead atoms. The van der Waals surface area contributed by atoms with Crippen LogP contribution in [-0.4, -0.2) is 14.8 Å². The Kier molecular flexibility index (Phi) is 3.54. The number of rotatable bonds is 2. The van der Waals surface area contributed by atoms with Crippen LogP contribution < -0.4 is 5.32 Å². The molecule has 116 valence electrons. The van der Waals surface area contributed by atoms with Crippen molar-refractivity contribution in [2.75, 3.05) is 5.32 Å². The highest BCUT2D eigenvalue weighted by Gasteiger charge is 2.29. The highest BCUT2D eigenvalue weighted by molar-refractivity contribution is 6.30. The molecule has 1 N–H and O–H groups in total. The Morgan fingerprint density at radius 2 is 1.74 bits per heavy atom. The van der Waals surface area contributed by atoms with Gasteiger partial charge in [-0.3, -0.25) is 0 Å². The van der Waals surface area contributed by atoms with Gasteiger partial charge in [0.1, 0.15) is 6.33 Å². The first kappa shape index (κ1) is 14.3. The summed E-state index contributed by atoms with van der Waals surface area (Å²) in [4.78, 5) is 4.36. The van der Waals surface area contributed by atoms with Crippen molar-refractivity contribution in [1.29, 1.82) is 0 Å². The Morgan fingerprint density at radius 1 is 1.04 bits per heavy atom. The summed E-state index contributed by atoms with van der Waals surface area (Å²) in [5.41, 5.74) is 3.72. The minimum Gasteiger partial charge on any atom is -0.348 e. The number of hydrogen-bond acceptors (Lipinski definition) is 3. The normalized spacial score (nSPS) is 19.9. The minimum atomic E-state index is 0.176. The lowest BCUT2D eigenvalue weighted by molar-refractivity contribution is 0.431. The van der Waals surface area contributed by atoms with Crippen molar-refractivity contribution in [3.63, 3.8) is 0 Å². The molecule has 2 aromatic carbocycles. The van der Waals surface area contributed by atoms with Crippen molar-refractivity contribution in [3.05, 3.63) is 76.6 Å². The van der Waals surface area contributed by atoms with Crippen LogP contribution >= 0.6 is 11.6 Å². The van der Waals surface area contributed by atoms with Gasteiger partial charge in [0.2, 0.25) is 5.95 Å². The van der Waals surface area contributed by atoms with E-state index in [0.29, 0.717) is 0 Å². The smallest absolute Gasteiger partial charge is 0.222 e. The molecule has 0 saturated heterocycles. The summed E-state index contributed by atoms with van der Waals surface area (Å²) < 4.78 is 1.97. The number of fused-ring (bicyclic) bond motifs is 1. The van der Waals surface area contributed by atoms with Crippen LogP contribution in [0.1, 0.15) is 35.2 Å². The van der Waals surface area contributed by atoms with E-state index in [-0.39, 0.29) is 12.1 Å². The first-order valence-corrected chi connectivity index (χ1v) is 8.06. The number of hydrogen-bond donors (Lipinski definition) is 1. The van der Waals surface area contributed by atoms with Crippen LogP contribution in [0.25, 0.3) is 0 Å². The van der Waals surface area contributed by atoms with Gasteiger partial charge in [-0.2, -0.15) is 10.1 Å². The molecule has 0 unspecified atom stereocenters. The van der Waals surface area contributed by atoms with Gasteiger partial charge in [-0.25, -0.2) is 4.68 Å². The van der Waals surface area contributed by atoms with E-state index in [2.05, 4.69) is 58.7 Å². The highest BCUT2D eigenvalue weighted by atomic mass is 35.5. The zero-order chi connectivity index (χ0) is 15.8. The number of nitrogens with zero attached hydrogens (tertiary/aromatic N) is 3. The second kappa shape index (κ2) is 5.70. The first-order chi connectivity index (χ1) is 11.2. The molecule has 2 atom stereocenters. The van der Waals surface area contributed by atoms with Crippen LogP contribution in [-0.2, 0) is 0 Å². The molecule has 4 rings (SSSR count). The third-order valence-electron chi connectivity index (χ3n) is 4.37. The molecule has 1 aliphatic rings. The van der Waals surface area contributed by atoms with E-state index in [9.17, 15) is 0 Å². The fraction of sp³-hybridized carbons (Fsp3) is 0.222. The summed E-state index contributed by atoms with van der Waals surface area (Å²) in [6.07, 6.45) is 2.52. The molecular weight excluding hydrogens is 308 g/mol. The summed E-state index contributed by atoms with van der Waals surface area (Å²) in [5, 5.41) is 8.62. The van der Waals surface area contributed by atoms with E-state index < -0.39 is 0 Å². The number of halogens is 1. The van der Waals surface area contributed by atoms with Crippen LogP contribution in [0.5, 0.6) is 0 Å². The van der Waals surface area contributed by atoms with Gasteiger partial charge in [-0.15, -0.1) is 0 Å². The standard InChI is InChI=1S/C18H17ClN4/c1-12-2-4-14(5-3-12)17-10-16(13-6-8-15(19)9-7-13)22-18-20-11-21-23(17)18/h2-9,11,16-17H,10H2,1H3,(H,20,21,22)/t16-,17+/m0/s1. The molecule has 0 fully saturated rings. The minimum absolute atomic E-state index is 0.176. The maximum Gasteiger partial charge on any atom is 0.222 e. The van der Waals surface area contributed by atoms with E-state index in [4.69, 9.17) is 11.6 Å². The zero-order valence-corrected chi connectivity index (χ0v) is 13.5. The van der Waals surface area contributed by atoms with Gasteiger partial charge in [0, 0.05) is 5.02 Å². The molecule has 1 aromatic heterocycles. The van der Waals surface area contributed by atoms with E-state index in [1.54, 1.807) is 6.33 Å². The molecule has 4 nitrogen and oxygen atoms in total. The van der Waals surface area contributed by atoms with E-state index in [1.165, 1.54) is 16.7 Å². The molecule has 0 aliphatic carbocycles. The van der Waals surface area contributed by atoms with Gasteiger partial charge >= 0.3 is 0 Å². The maximum absolute atomic E-state index is 6.01. The second-order valence-corrected chi connectivity index (χ2v) is 6.38.